The summed E-state index contributed by atoms with van der Waals surface area (Å²) in [7, 11) is -3.30. The minimum atomic E-state index is -3.30. The van der Waals surface area contributed by atoms with Gasteiger partial charge in [-0.15, -0.1) is 0 Å². The highest BCUT2D eigenvalue weighted by Crippen LogP contribution is 2.41. The molecular weight excluding hydrogens is 183 g/mol. The Morgan fingerprint density at radius 1 is 1.33 bits per heavy atom. The van der Waals surface area contributed by atoms with E-state index in [4.69, 9.17) is 15.1 Å². The van der Waals surface area contributed by atoms with Crippen LogP contribution in [0.15, 0.2) is 0 Å². The van der Waals surface area contributed by atoms with E-state index in [2.05, 4.69) is 0 Å². The predicted molar refractivity (Wildman–Crippen MR) is 43.5 cm³/mol. The van der Waals surface area contributed by atoms with E-state index in [1.54, 1.807) is 0 Å². The highest BCUT2D eigenvalue weighted by Gasteiger charge is 2.18. The zero-order valence-electron chi connectivity index (χ0n) is 6.64. The molecule has 0 aromatic heterocycles. The van der Waals surface area contributed by atoms with Gasteiger partial charge in [-0.3, -0.25) is 9.36 Å². The molecule has 0 rings (SSSR count). The molecule has 0 aliphatic carbocycles. The number of carboxylic acids is 1. The fourth-order valence-electron chi connectivity index (χ4n) is 0.700. The van der Waals surface area contributed by atoms with Crippen molar-refractivity contribution in [3.05, 3.63) is 0 Å². The lowest BCUT2D eigenvalue weighted by Crippen LogP contribution is -2.02. The van der Waals surface area contributed by atoms with Crippen molar-refractivity contribution in [2.24, 2.45) is 0 Å². The molecule has 3 N–H and O–H groups in total. The van der Waals surface area contributed by atoms with Gasteiger partial charge in [0.25, 0.3) is 0 Å². The van der Waals surface area contributed by atoms with E-state index in [-0.39, 0.29) is 31.8 Å². The SMILES string of the molecule is O=C(O)CCP(=O)(O)CCCO. The van der Waals surface area contributed by atoms with Gasteiger partial charge in [0.2, 0.25) is 7.37 Å². The number of carboxylic acid groups (broad SMARTS) is 1. The number of carbonyl (C=O) groups is 1. The van der Waals surface area contributed by atoms with Crippen molar-refractivity contribution in [2.45, 2.75) is 12.8 Å². The Morgan fingerprint density at radius 2 is 1.92 bits per heavy atom. The second-order valence-corrected chi connectivity index (χ2v) is 5.10. The van der Waals surface area contributed by atoms with Gasteiger partial charge in [0.1, 0.15) is 0 Å². The van der Waals surface area contributed by atoms with Crippen molar-refractivity contribution in [1.29, 1.82) is 0 Å². The molecule has 0 spiro atoms. The largest absolute Gasteiger partial charge is 0.481 e. The molecule has 0 aliphatic heterocycles. The van der Waals surface area contributed by atoms with E-state index in [1.165, 1.54) is 0 Å². The van der Waals surface area contributed by atoms with Crippen molar-refractivity contribution < 1.29 is 24.5 Å². The molecule has 0 saturated heterocycles. The van der Waals surface area contributed by atoms with Crippen LogP contribution in [0.4, 0.5) is 0 Å². The van der Waals surface area contributed by atoms with Gasteiger partial charge in [-0.1, -0.05) is 0 Å². The van der Waals surface area contributed by atoms with Gasteiger partial charge in [0.05, 0.1) is 6.42 Å². The molecule has 5 nitrogen and oxygen atoms in total. The second kappa shape index (κ2) is 5.30. The standard InChI is InChI=1S/C6H13O5P/c7-3-1-4-12(10,11)5-2-6(8)9/h7H,1-5H2,(H,8,9)(H,10,11). The topological polar surface area (TPSA) is 94.8 Å². The third-order valence-electron chi connectivity index (χ3n) is 1.34. The molecule has 0 fully saturated rings. The van der Waals surface area contributed by atoms with E-state index in [1.807, 2.05) is 0 Å². The fraction of sp³-hybridized carbons (Fsp3) is 0.833. The lowest BCUT2D eigenvalue weighted by atomic mass is 10.5. The smallest absolute Gasteiger partial charge is 0.303 e. The Hall–Kier alpha value is -0.380. The Morgan fingerprint density at radius 3 is 2.33 bits per heavy atom. The maximum absolute atomic E-state index is 11.1. The summed E-state index contributed by atoms with van der Waals surface area (Å²) in [6.07, 6.45) is -0.258. The zero-order valence-corrected chi connectivity index (χ0v) is 7.54. The number of aliphatic hydroxyl groups excluding tert-OH is 1. The van der Waals surface area contributed by atoms with Gasteiger partial charge in [-0.05, 0) is 6.42 Å². The number of aliphatic hydroxyl groups is 1. The minimum Gasteiger partial charge on any atom is -0.481 e. The summed E-state index contributed by atoms with van der Waals surface area (Å²) in [6, 6.07) is 0. The lowest BCUT2D eigenvalue weighted by Gasteiger charge is -2.08. The summed E-state index contributed by atoms with van der Waals surface area (Å²) < 4.78 is 11.1. The molecule has 12 heavy (non-hydrogen) atoms. The first-order valence-electron chi connectivity index (χ1n) is 3.61. The Kier molecular flexibility index (Phi) is 5.13. The Labute approximate surface area is 70.5 Å². The average molecular weight is 196 g/mol. The van der Waals surface area contributed by atoms with Crippen molar-refractivity contribution in [3.8, 4) is 0 Å². The molecule has 1 atom stereocenters. The average Bonchev–Trinajstić information content (AvgIpc) is 1.98. The van der Waals surface area contributed by atoms with Crippen molar-refractivity contribution in [3.63, 3.8) is 0 Å². The van der Waals surface area contributed by atoms with Crippen molar-refractivity contribution >= 4 is 13.3 Å². The molecule has 6 heteroatoms. The van der Waals surface area contributed by atoms with Gasteiger partial charge in [-0.2, -0.15) is 0 Å². The first-order chi connectivity index (χ1) is 5.48. The van der Waals surface area contributed by atoms with Crippen LogP contribution < -0.4 is 0 Å². The molecule has 0 aliphatic rings. The van der Waals surface area contributed by atoms with Crippen molar-refractivity contribution in [2.75, 3.05) is 18.9 Å². The highest BCUT2D eigenvalue weighted by molar-refractivity contribution is 7.58. The van der Waals surface area contributed by atoms with Gasteiger partial charge in [-0.25, -0.2) is 0 Å². The summed E-state index contributed by atoms with van der Waals surface area (Å²) in [6.45, 7) is -0.141. The quantitative estimate of drug-likeness (QED) is 0.524. The van der Waals surface area contributed by atoms with Gasteiger partial charge >= 0.3 is 5.97 Å². The molecule has 1 unspecified atom stereocenters. The van der Waals surface area contributed by atoms with Crippen LogP contribution in [0.2, 0.25) is 0 Å². The second-order valence-electron chi connectivity index (χ2n) is 2.51. The number of aliphatic carboxylic acids is 1. The van der Waals surface area contributed by atoms with Crippen LogP contribution in [0.25, 0.3) is 0 Å². The van der Waals surface area contributed by atoms with E-state index in [9.17, 15) is 9.36 Å². The van der Waals surface area contributed by atoms with E-state index in [0.29, 0.717) is 0 Å². The summed E-state index contributed by atoms with van der Waals surface area (Å²) in [5.74, 6) is -1.08. The Balaban J connectivity index is 3.71. The Bertz CT molecular complexity index is 190. The monoisotopic (exact) mass is 196 g/mol. The molecule has 0 radical (unpaired) electrons. The first-order valence-corrected chi connectivity index (χ1v) is 5.64. The highest BCUT2D eigenvalue weighted by atomic mass is 31.2. The van der Waals surface area contributed by atoms with Crippen LogP contribution in [-0.4, -0.2) is 40.0 Å². The van der Waals surface area contributed by atoms with Crippen LogP contribution in [0.5, 0.6) is 0 Å². The zero-order chi connectivity index (χ0) is 9.61. The van der Waals surface area contributed by atoms with Crippen LogP contribution in [0.1, 0.15) is 12.8 Å². The summed E-state index contributed by atoms with van der Waals surface area (Å²) in [4.78, 5) is 19.1. The maximum atomic E-state index is 11.1. The molecular formula is C6H13O5P. The lowest BCUT2D eigenvalue weighted by molar-refractivity contribution is -0.136. The molecule has 0 heterocycles. The van der Waals surface area contributed by atoms with Crippen LogP contribution >= 0.6 is 7.37 Å². The molecule has 0 aromatic carbocycles. The third kappa shape index (κ3) is 6.34. The number of hydrogen-bond acceptors (Lipinski definition) is 3. The fourth-order valence-corrected chi connectivity index (χ4v) is 2.10. The van der Waals surface area contributed by atoms with Gasteiger partial charge in [0.15, 0.2) is 0 Å². The van der Waals surface area contributed by atoms with Gasteiger partial charge in [0, 0.05) is 18.9 Å². The van der Waals surface area contributed by atoms with Gasteiger partial charge < -0.3 is 15.1 Å². The predicted octanol–water partition coefficient (Wildman–Crippen LogP) is 0.114. The summed E-state index contributed by atoms with van der Waals surface area (Å²) in [5, 5.41) is 16.6. The molecule has 0 aromatic rings. The van der Waals surface area contributed by atoms with Crippen LogP contribution in [-0.2, 0) is 9.36 Å². The normalized spacial score (nSPS) is 15.5. The van der Waals surface area contributed by atoms with Crippen LogP contribution in [0, 0.1) is 0 Å². The molecule has 0 amide bonds. The van der Waals surface area contributed by atoms with Crippen LogP contribution in [0.3, 0.4) is 0 Å². The molecule has 0 saturated carbocycles. The molecule has 0 bridgehead atoms. The summed E-state index contributed by atoms with van der Waals surface area (Å²) in [5.41, 5.74) is 0. The number of hydrogen-bond donors (Lipinski definition) is 3. The van der Waals surface area contributed by atoms with E-state index in [0.717, 1.165) is 0 Å². The number of rotatable bonds is 6. The van der Waals surface area contributed by atoms with E-state index < -0.39 is 13.3 Å². The third-order valence-corrected chi connectivity index (χ3v) is 3.28. The summed E-state index contributed by atoms with van der Waals surface area (Å²) >= 11 is 0. The first kappa shape index (κ1) is 11.6. The maximum Gasteiger partial charge on any atom is 0.303 e. The van der Waals surface area contributed by atoms with Crippen molar-refractivity contribution in [1.82, 2.24) is 0 Å². The van der Waals surface area contributed by atoms with E-state index >= 15 is 0 Å². The molecule has 72 valence electrons. The minimum absolute atomic E-state index is 0.00319.